The van der Waals surface area contributed by atoms with Gasteiger partial charge in [-0.1, -0.05) is 0 Å². The van der Waals surface area contributed by atoms with E-state index in [2.05, 4.69) is 29.9 Å². The molecule has 2 aliphatic heterocycles. The van der Waals surface area contributed by atoms with Gasteiger partial charge in [-0.25, -0.2) is 29.9 Å². The number of aliphatic hydroxyl groups excluding tert-OH is 2. The highest BCUT2D eigenvalue weighted by atomic mass is 31.1. The molecular weight excluding hydrogens is 602 g/mol. The van der Waals surface area contributed by atoms with Gasteiger partial charge in [0, 0.05) is 15.6 Å². The molecule has 2 fully saturated rings. The first-order valence-corrected chi connectivity index (χ1v) is 14.5. The summed E-state index contributed by atoms with van der Waals surface area (Å²) in [5, 5.41) is 21.6. The topological polar surface area (TPSA) is 280 Å². The van der Waals surface area contributed by atoms with Gasteiger partial charge in [0.1, 0.15) is 61.4 Å². The first-order chi connectivity index (χ1) is 20.2. The Morgan fingerprint density at radius 2 is 1.50 bits per heavy atom. The minimum atomic E-state index is -3.01. The fraction of sp³-hybridized carbons (Fsp3) is 0.500. The summed E-state index contributed by atoms with van der Waals surface area (Å²) >= 11 is 0. The number of rotatable bonds is 10. The van der Waals surface area contributed by atoms with E-state index >= 15 is 0 Å². The fourth-order valence-electron chi connectivity index (χ4n) is 4.79. The Morgan fingerprint density at radius 3 is 2.17 bits per heavy atom. The number of aromatic nitrogens is 8. The van der Waals surface area contributed by atoms with Gasteiger partial charge in [-0.05, 0) is 0 Å². The van der Waals surface area contributed by atoms with Crippen LogP contribution in [0, 0.1) is 0 Å². The Morgan fingerprint density at radius 1 is 0.881 bits per heavy atom. The van der Waals surface area contributed by atoms with Gasteiger partial charge in [0.2, 0.25) is 0 Å². The molecule has 2 saturated heterocycles. The molecule has 22 heteroatoms. The number of imidazole rings is 2. The van der Waals surface area contributed by atoms with Crippen molar-refractivity contribution in [2.75, 3.05) is 24.7 Å². The smallest absolute Gasteiger partial charge is 0.390 e. The molecule has 0 saturated carbocycles. The molecule has 7 N–H and O–H groups in total. The Labute approximate surface area is 236 Å². The lowest BCUT2D eigenvalue weighted by atomic mass is 10.1. The van der Waals surface area contributed by atoms with E-state index in [1.54, 1.807) is 4.57 Å². The quantitative estimate of drug-likeness (QED) is 0.138. The van der Waals surface area contributed by atoms with Crippen LogP contribution in [0.25, 0.3) is 22.3 Å². The van der Waals surface area contributed by atoms with Crippen molar-refractivity contribution in [3.63, 3.8) is 0 Å². The standard InChI is InChI=1S/C20H23N10O10P2/c21-16-12-18(25-4-23-16)29(6-27-12)11-1-8(31)9(38-11)2-37-42(35)40-15-10(3-36-41(33)34)39-20(14(15)32)30-7-28-13-17(22)24-5-26-19(13)30/h4-11,14-15,20,31-32H,1-3H2,(H4-,21,22,23,24,25,26,33,34)/q+1/p+1/t8-,9+,10+,11+,14+,15+,20+/m0/s1. The maximum atomic E-state index is 12.8. The van der Waals surface area contributed by atoms with Gasteiger partial charge >= 0.3 is 16.5 Å². The van der Waals surface area contributed by atoms with Crippen LogP contribution in [0.5, 0.6) is 0 Å². The SMILES string of the molecule is Nc1ncnc2c1ncn2[C@@H]1O[C@H](CO[P+](=O)O)[C@@H](O[P+](=O)OC[C@H]2O[C@@H](n3cnc4c(N)ncnc43)C[C@@H]2O)[C@H]1O. The van der Waals surface area contributed by atoms with Crippen LogP contribution in [0.3, 0.4) is 0 Å². The number of nitrogen functional groups attached to an aromatic ring is 2. The summed E-state index contributed by atoms with van der Waals surface area (Å²) in [6.07, 6.45) is -2.29. The molecule has 42 heavy (non-hydrogen) atoms. The molecule has 2 unspecified atom stereocenters. The molecule has 0 bridgehead atoms. The van der Waals surface area contributed by atoms with Crippen LogP contribution >= 0.6 is 16.5 Å². The number of nitrogens with zero attached hydrogens (tertiary/aromatic N) is 8. The third kappa shape index (κ3) is 5.40. The van der Waals surface area contributed by atoms with Crippen molar-refractivity contribution in [2.45, 2.75) is 49.4 Å². The average molecular weight is 626 g/mol. The normalized spacial score (nSPS) is 28.6. The van der Waals surface area contributed by atoms with Crippen LogP contribution in [-0.4, -0.2) is 97.9 Å². The average Bonchev–Trinajstić information content (AvgIpc) is 3.73. The van der Waals surface area contributed by atoms with Crippen LogP contribution in [0.15, 0.2) is 25.3 Å². The van der Waals surface area contributed by atoms with E-state index in [4.69, 9.17) is 39.4 Å². The summed E-state index contributed by atoms with van der Waals surface area (Å²) in [4.78, 5) is 33.5. The summed E-state index contributed by atoms with van der Waals surface area (Å²) in [6.45, 7) is -0.828. The van der Waals surface area contributed by atoms with E-state index in [9.17, 15) is 19.3 Å². The molecule has 20 nitrogen and oxygen atoms in total. The van der Waals surface area contributed by atoms with Crippen LogP contribution < -0.4 is 11.5 Å². The molecule has 0 spiro atoms. The summed E-state index contributed by atoms with van der Waals surface area (Å²) in [5.41, 5.74) is 13.0. The minimum Gasteiger partial charge on any atom is -0.390 e. The molecule has 6 heterocycles. The van der Waals surface area contributed by atoms with Gasteiger partial charge < -0.3 is 31.2 Å². The Hall–Kier alpha value is -3.42. The van der Waals surface area contributed by atoms with Gasteiger partial charge in [0.25, 0.3) is 0 Å². The minimum absolute atomic E-state index is 0.102. The number of fused-ring (bicyclic) bond motifs is 2. The second-order valence-electron chi connectivity index (χ2n) is 9.28. The van der Waals surface area contributed by atoms with Crippen molar-refractivity contribution >= 4 is 50.5 Å². The maximum Gasteiger partial charge on any atom is 0.697 e. The van der Waals surface area contributed by atoms with Gasteiger partial charge in [-0.2, -0.15) is 0 Å². The largest absolute Gasteiger partial charge is 0.697 e. The Balaban J connectivity index is 1.11. The van der Waals surface area contributed by atoms with Crippen LogP contribution in [-0.2, 0) is 32.2 Å². The number of aliphatic hydroxyl groups is 2. The van der Waals surface area contributed by atoms with Gasteiger partial charge in [-0.3, -0.25) is 9.13 Å². The molecule has 4 aromatic rings. The molecule has 222 valence electrons. The summed E-state index contributed by atoms with van der Waals surface area (Å²) in [6, 6.07) is 0. The van der Waals surface area contributed by atoms with Crippen LogP contribution in [0.1, 0.15) is 18.9 Å². The van der Waals surface area contributed by atoms with E-state index in [0.717, 1.165) is 0 Å². The third-order valence-corrected chi connectivity index (χ3v) is 7.92. The highest BCUT2D eigenvalue weighted by Crippen LogP contribution is 2.40. The van der Waals surface area contributed by atoms with Crippen molar-refractivity contribution < 1.29 is 47.3 Å². The van der Waals surface area contributed by atoms with E-state index in [1.165, 1.54) is 29.9 Å². The van der Waals surface area contributed by atoms with E-state index in [0.29, 0.717) is 11.2 Å². The molecule has 6 rings (SSSR count). The molecule has 9 atom stereocenters. The molecule has 4 aromatic heterocycles. The molecule has 2 aliphatic rings. The lowest BCUT2D eigenvalue weighted by Crippen LogP contribution is -2.35. The number of ether oxygens (including phenoxy) is 2. The van der Waals surface area contributed by atoms with E-state index in [-0.39, 0.29) is 35.8 Å². The number of hydrogen-bond acceptors (Lipinski definition) is 17. The van der Waals surface area contributed by atoms with Gasteiger partial charge in [-0.15, -0.1) is 18.5 Å². The summed E-state index contributed by atoms with van der Waals surface area (Å²) in [5.74, 6) is 0.296. The van der Waals surface area contributed by atoms with Crippen molar-refractivity contribution in [3.05, 3.63) is 25.3 Å². The molecular formula is C20H24N10O10P2+2. The number of anilines is 2. The lowest BCUT2D eigenvalue weighted by molar-refractivity contribution is -0.0484. The van der Waals surface area contributed by atoms with Gasteiger partial charge in [0.15, 0.2) is 35.3 Å². The highest BCUT2D eigenvalue weighted by molar-refractivity contribution is 7.33. The first kappa shape index (κ1) is 28.7. The molecule has 0 amide bonds. The van der Waals surface area contributed by atoms with Crippen molar-refractivity contribution in [1.82, 2.24) is 39.0 Å². The maximum absolute atomic E-state index is 12.8. The summed E-state index contributed by atoms with van der Waals surface area (Å²) in [7, 11) is -5.92. The van der Waals surface area contributed by atoms with Gasteiger partial charge in [0.05, 0.1) is 18.8 Å². The van der Waals surface area contributed by atoms with Crippen LogP contribution in [0.2, 0.25) is 0 Å². The second kappa shape index (κ2) is 11.7. The van der Waals surface area contributed by atoms with Crippen molar-refractivity contribution in [1.29, 1.82) is 0 Å². The van der Waals surface area contributed by atoms with Crippen LogP contribution in [0.4, 0.5) is 11.6 Å². The van der Waals surface area contributed by atoms with Crippen molar-refractivity contribution in [2.24, 2.45) is 0 Å². The zero-order valence-corrected chi connectivity index (χ0v) is 23.1. The monoisotopic (exact) mass is 626 g/mol. The molecule has 0 aromatic carbocycles. The third-order valence-electron chi connectivity index (χ3n) is 6.77. The molecule has 0 radical (unpaired) electrons. The summed E-state index contributed by atoms with van der Waals surface area (Å²) < 4.78 is 54.2. The number of hydrogen-bond donors (Lipinski definition) is 5. The Bertz CT molecular complexity index is 1640. The predicted octanol–water partition coefficient (Wildman–Crippen LogP) is -0.537. The Kier molecular flexibility index (Phi) is 7.99. The first-order valence-electron chi connectivity index (χ1n) is 12.3. The molecule has 0 aliphatic carbocycles. The van der Waals surface area contributed by atoms with E-state index < -0.39 is 66.1 Å². The van der Waals surface area contributed by atoms with Crippen molar-refractivity contribution in [3.8, 4) is 0 Å². The second-order valence-corrected chi connectivity index (χ2v) is 10.9. The number of nitrogens with two attached hydrogens (primary N) is 2. The zero-order chi connectivity index (χ0) is 29.5. The lowest BCUT2D eigenvalue weighted by Gasteiger charge is -2.16. The highest BCUT2D eigenvalue weighted by Gasteiger charge is 2.52. The fourth-order valence-corrected chi connectivity index (χ4v) is 5.85. The zero-order valence-electron chi connectivity index (χ0n) is 21.3. The van der Waals surface area contributed by atoms with E-state index in [1.807, 2.05) is 0 Å². The predicted molar refractivity (Wildman–Crippen MR) is 138 cm³/mol.